The third-order valence-corrected chi connectivity index (χ3v) is 4.22. The Morgan fingerprint density at radius 3 is 2.50 bits per heavy atom. The molecular weight excluding hydrogens is 224 g/mol. The minimum atomic E-state index is 0.456. The van der Waals surface area contributed by atoms with Crippen molar-refractivity contribution < 1.29 is 0 Å². The van der Waals surface area contributed by atoms with Gasteiger partial charge in [-0.3, -0.25) is 4.98 Å². The molecule has 18 heavy (non-hydrogen) atoms. The number of rotatable bonds is 4. The van der Waals surface area contributed by atoms with Crippen molar-refractivity contribution in [3.63, 3.8) is 0 Å². The van der Waals surface area contributed by atoms with Crippen LogP contribution in [0.5, 0.6) is 0 Å². The van der Waals surface area contributed by atoms with E-state index in [1.54, 1.807) is 12.4 Å². The van der Waals surface area contributed by atoms with Gasteiger partial charge in [0.15, 0.2) is 5.82 Å². The highest BCUT2D eigenvalue weighted by molar-refractivity contribution is 5.43. The second-order valence-corrected chi connectivity index (χ2v) is 5.22. The van der Waals surface area contributed by atoms with E-state index in [9.17, 15) is 0 Å². The lowest BCUT2D eigenvalue weighted by molar-refractivity contribution is 0.312. The van der Waals surface area contributed by atoms with Crippen LogP contribution >= 0.6 is 0 Å². The van der Waals surface area contributed by atoms with Crippen molar-refractivity contribution in [2.45, 2.75) is 51.6 Å². The highest BCUT2D eigenvalue weighted by atomic mass is 15.2. The van der Waals surface area contributed by atoms with Crippen LogP contribution in [0.2, 0.25) is 0 Å². The molecule has 0 bridgehead atoms. The molecule has 1 aromatic rings. The molecule has 1 saturated carbocycles. The summed E-state index contributed by atoms with van der Waals surface area (Å²) < 4.78 is 0. The average Bonchev–Trinajstić information content (AvgIpc) is 2.46. The summed E-state index contributed by atoms with van der Waals surface area (Å²) in [7, 11) is 2.13. The van der Waals surface area contributed by atoms with Gasteiger partial charge in [0, 0.05) is 32.0 Å². The maximum atomic E-state index is 5.73. The lowest BCUT2D eigenvalue weighted by Crippen LogP contribution is -2.36. The van der Waals surface area contributed by atoms with Gasteiger partial charge in [-0.15, -0.1) is 0 Å². The van der Waals surface area contributed by atoms with E-state index in [1.807, 2.05) is 0 Å². The minimum absolute atomic E-state index is 0.456. The molecule has 0 saturated heterocycles. The van der Waals surface area contributed by atoms with Crippen LogP contribution in [0.1, 0.15) is 44.7 Å². The average molecular weight is 248 g/mol. The first-order chi connectivity index (χ1) is 8.76. The van der Waals surface area contributed by atoms with Crippen molar-refractivity contribution in [2.75, 3.05) is 11.9 Å². The fraction of sp³-hybridized carbons (Fsp3) is 0.714. The van der Waals surface area contributed by atoms with Crippen LogP contribution in [0.15, 0.2) is 12.4 Å². The Bertz CT molecular complexity index is 372. The van der Waals surface area contributed by atoms with Crippen LogP contribution in [0.25, 0.3) is 0 Å². The first kappa shape index (κ1) is 13.3. The third-order valence-electron chi connectivity index (χ3n) is 4.22. The fourth-order valence-electron chi connectivity index (χ4n) is 2.91. The number of anilines is 1. The minimum Gasteiger partial charge on any atom is -0.355 e. The molecule has 0 unspecified atom stereocenters. The van der Waals surface area contributed by atoms with Crippen molar-refractivity contribution in [1.82, 2.24) is 9.97 Å². The van der Waals surface area contributed by atoms with Gasteiger partial charge in [0.25, 0.3) is 0 Å². The van der Waals surface area contributed by atoms with Crippen LogP contribution in [0.3, 0.4) is 0 Å². The Morgan fingerprint density at radius 2 is 1.89 bits per heavy atom. The van der Waals surface area contributed by atoms with Crippen LogP contribution in [0.4, 0.5) is 5.82 Å². The van der Waals surface area contributed by atoms with Crippen LogP contribution in [-0.2, 0) is 6.54 Å². The number of hydrogen-bond donors (Lipinski definition) is 1. The third kappa shape index (κ3) is 2.80. The fourth-order valence-corrected chi connectivity index (χ4v) is 2.91. The number of nitrogens with zero attached hydrogens (tertiary/aromatic N) is 3. The Labute approximate surface area is 110 Å². The highest BCUT2D eigenvalue weighted by Gasteiger charge is 2.24. The van der Waals surface area contributed by atoms with Gasteiger partial charge in [0.1, 0.15) is 0 Å². The normalized spacial score (nSPS) is 23.9. The van der Waals surface area contributed by atoms with Crippen molar-refractivity contribution in [3.8, 4) is 0 Å². The van der Waals surface area contributed by atoms with E-state index in [1.165, 1.54) is 32.1 Å². The van der Waals surface area contributed by atoms with Crippen LogP contribution in [0, 0.1) is 5.92 Å². The summed E-state index contributed by atoms with van der Waals surface area (Å²) >= 11 is 0. The summed E-state index contributed by atoms with van der Waals surface area (Å²) in [4.78, 5) is 11.0. The van der Waals surface area contributed by atoms with E-state index in [-0.39, 0.29) is 0 Å². The smallest absolute Gasteiger partial charge is 0.151 e. The molecule has 0 amide bonds. The molecule has 1 aliphatic rings. The van der Waals surface area contributed by atoms with Crippen LogP contribution in [-0.4, -0.2) is 23.1 Å². The van der Waals surface area contributed by atoms with E-state index < -0.39 is 0 Å². The van der Waals surface area contributed by atoms with Gasteiger partial charge in [-0.2, -0.15) is 0 Å². The molecule has 1 aromatic heterocycles. The molecule has 2 N–H and O–H groups in total. The first-order valence-corrected chi connectivity index (χ1v) is 6.99. The van der Waals surface area contributed by atoms with Gasteiger partial charge in [0.2, 0.25) is 0 Å². The summed E-state index contributed by atoms with van der Waals surface area (Å²) in [6, 6.07) is 0.592. The molecule has 0 radical (unpaired) electrons. The van der Waals surface area contributed by atoms with Gasteiger partial charge in [-0.05, 0) is 31.6 Å². The van der Waals surface area contributed by atoms with Gasteiger partial charge in [-0.25, -0.2) is 4.98 Å². The van der Waals surface area contributed by atoms with Gasteiger partial charge in [-0.1, -0.05) is 13.3 Å². The highest BCUT2D eigenvalue weighted by Crippen LogP contribution is 2.31. The monoisotopic (exact) mass is 248 g/mol. The SMILES string of the molecule is CCC1CCC(N(C)c2nccnc2CN)CC1. The molecule has 0 aromatic carbocycles. The van der Waals surface area contributed by atoms with E-state index in [0.717, 1.165) is 17.4 Å². The second-order valence-electron chi connectivity index (χ2n) is 5.22. The molecule has 4 heteroatoms. The van der Waals surface area contributed by atoms with Gasteiger partial charge in [0.05, 0.1) is 5.69 Å². The predicted molar refractivity (Wildman–Crippen MR) is 74.4 cm³/mol. The zero-order valence-corrected chi connectivity index (χ0v) is 11.5. The predicted octanol–water partition coefficient (Wildman–Crippen LogP) is 2.34. The molecular formula is C14H24N4. The Hall–Kier alpha value is -1.16. The number of hydrogen-bond acceptors (Lipinski definition) is 4. The molecule has 1 aliphatic carbocycles. The molecule has 100 valence electrons. The topological polar surface area (TPSA) is 55.0 Å². The molecule has 1 heterocycles. The largest absolute Gasteiger partial charge is 0.355 e. The number of aromatic nitrogens is 2. The van der Waals surface area contributed by atoms with Crippen molar-refractivity contribution in [1.29, 1.82) is 0 Å². The first-order valence-electron chi connectivity index (χ1n) is 6.99. The van der Waals surface area contributed by atoms with E-state index >= 15 is 0 Å². The second kappa shape index (κ2) is 6.14. The van der Waals surface area contributed by atoms with Crippen molar-refractivity contribution in [3.05, 3.63) is 18.1 Å². The quantitative estimate of drug-likeness (QED) is 0.888. The molecule has 0 spiro atoms. The zero-order chi connectivity index (χ0) is 13.0. The maximum Gasteiger partial charge on any atom is 0.151 e. The molecule has 1 fully saturated rings. The van der Waals surface area contributed by atoms with Crippen LogP contribution < -0.4 is 10.6 Å². The van der Waals surface area contributed by atoms with E-state index in [0.29, 0.717) is 12.6 Å². The maximum absolute atomic E-state index is 5.73. The molecule has 4 nitrogen and oxygen atoms in total. The van der Waals surface area contributed by atoms with E-state index in [4.69, 9.17) is 5.73 Å². The molecule has 2 rings (SSSR count). The van der Waals surface area contributed by atoms with E-state index in [2.05, 4.69) is 28.8 Å². The lowest BCUT2D eigenvalue weighted by atomic mass is 9.84. The van der Waals surface area contributed by atoms with Crippen molar-refractivity contribution in [2.24, 2.45) is 11.7 Å². The Kier molecular flexibility index (Phi) is 4.53. The summed E-state index contributed by atoms with van der Waals surface area (Å²) in [6.07, 6.45) is 9.98. The zero-order valence-electron chi connectivity index (χ0n) is 11.5. The van der Waals surface area contributed by atoms with Gasteiger partial charge < -0.3 is 10.6 Å². The summed E-state index contributed by atoms with van der Waals surface area (Å²) in [5.74, 6) is 1.88. The lowest BCUT2D eigenvalue weighted by Gasteiger charge is -2.35. The standard InChI is InChI=1S/C14H24N4/c1-3-11-4-6-12(7-5-11)18(2)14-13(10-15)16-8-9-17-14/h8-9,11-12H,3-7,10,15H2,1-2H3. The van der Waals surface area contributed by atoms with Crippen molar-refractivity contribution >= 4 is 5.82 Å². The Morgan fingerprint density at radius 1 is 1.22 bits per heavy atom. The Balaban J connectivity index is 2.05. The molecule has 0 atom stereocenters. The summed E-state index contributed by atoms with van der Waals surface area (Å²) in [5.41, 5.74) is 6.63. The van der Waals surface area contributed by atoms with Gasteiger partial charge >= 0.3 is 0 Å². The summed E-state index contributed by atoms with van der Waals surface area (Å²) in [6.45, 7) is 2.75. The summed E-state index contributed by atoms with van der Waals surface area (Å²) in [5, 5.41) is 0. The molecule has 0 aliphatic heterocycles. The number of nitrogens with two attached hydrogens (primary N) is 1.